The van der Waals surface area contributed by atoms with E-state index in [0.29, 0.717) is 23.8 Å². The van der Waals surface area contributed by atoms with Gasteiger partial charge in [-0.05, 0) is 43.0 Å². The molecule has 0 saturated heterocycles. The van der Waals surface area contributed by atoms with Crippen molar-refractivity contribution in [1.82, 2.24) is 5.32 Å². The molecule has 1 aromatic rings. The van der Waals surface area contributed by atoms with Crippen LogP contribution in [0.25, 0.3) is 0 Å². The fourth-order valence-electron chi connectivity index (χ4n) is 1.71. The van der Waals surface area contributed by atoms with Gasteiger partial charge < -0.3 is 10.1 Å². The van der Waals surface area contributed by atoms with Crippen LogP contribution in [0.4, 0.5) is 0 Å². The van der Waals surface area contributed by atoms with Crippen LogP contribution in [-0.4, -0.2) is 25.3 Å². The Morgan fingerprint density at radius 3 is 2.53 bits per heavy atom. The fraction of sp³-hybridized carbons (Fsp3) is 0.467. The number of ether oxygens (including phenoxy) is 1. The Labute approximate surface area is 114 Å². The molecular weight excluding hydrogens is 242 g/mol. The van der Waals surface area contributed by atoms with Gasteiger partial charge >= 0.3 is 0 Å². The Morgan fingerprint density at radius 2 is 2.00 bits per heavy atom. The van der Waals surface area contributed by atoms with Crippen LogP contribution in [0.5, 0.6) is 5.75 Å². The number of carbonyl (C=O) groups is 2. The fourth-order valence-corrected chi connectivity index (χ4v) is 1.71. The van der Waals surface area contributed by atoms with E-state index in [2.05, 4.69) is 19.2 Å². The third kappa shape index (κ3) is 4.39. The molecule has 0 aliphatic rings. The first-order valence-electron chi connectivity index (χ1n) is 6.43. The smallest absolute Gasteiger partial charge is 0.292 e. The van der Waals surface area contributed by atoms with Crippen molar-refractivity contribution >= 4 is 11.7 Å². The molecule has 4 nitrogen and oxygen atoms in total. The summed E-state index contributed by atoms with van der Waals surface area (Å²) in [6, 6.07) is 4.98. The third-order valence-corrected chi connectivity index (χ3v) is 2.87. The zero-order valence-electron chi connectivity index (χ0n) is 11.9. The molecular formula is C15H21NO3. The van der Waals surface area contributed by atoms with Gasteiger partial charge in [-0.1, -0.05) is 13.8 Å². The second-order valence-electron chi connectivity index (χ2n) is 4.95. The number of rotatable bonds is 6. The summed E-state index contributed by atoms with van der Waals surface area (Å²) in [7, 11) is 1.57. The van der Waals surface area contributed by atoms with Crippen LogP contribution in [0.3, 0.4) is 0 Å². The second-order valence-corrected chi connectivity index (χ2v) is 4.95. The van der Waals surface area contributed by atoms with E-state index in [9.17, 15) is 9.59 Å². The molecule has 0 heterocycles. The number of carbonyl (C=O) groups excluding carboxylic acids is 2. The summed E-state index contributed by atoms with van der Waals surface area (Å²) in [6.45, 7) is 6.51. The lowest BCUT2D eigenvalue weighted by molar-refractivity contribution is -0.117. The number of amides is 1. The number of Topliss-reactive ketones (excluding diaryl/α,β-unsaturated/α-hetero) is 1. The van der Waals surface area contributed by atoms with Gasteiger partial charge in [0.25, 0.3) is 5.91 Å². The number of nitrogens with one attached hydrogen (secondary N) is 1. The molecule has 104 valence electrons. The summed E-state index contributed by atoms with van der Waals surface area (Å²) in [5.74, 6) is 0.148. The first-order valence-corrected chi connectivity index (χ1v) is 6.43. The maximum Gasteiger partial charge on any atom is 0.292 e. The minimum absolute atomic E-state index is 0.389. The molecule has 0 aromatic heterocycles. The van der Waals surface area contributed by atoms with E-state index >= 15 is 0 Å². The lowest BCUT2D eigenvalue weighted by atomic mass is 10.1. The van der Waals surface area contributed by atoms with Crippen molar-refractivity contribution in [2.24, 2.45) is 5.92 Å². The molecule has 0 unspecified atom stereocenters. The predicted molar refractivity (Wildman–Crippen MR) is 74.5 cm³/mol. The monoisotopic (exact) mass is 263 g/mol. The van der Waals surface area contributed by atoms with Crippen LogP contribution in [0.1, 0.15) is 36.2 Å². The zero-order valence-corrected chi connectivity index (χ0v) is 11.9. The maximum atomic E-state index is 11.9. The van der Waals surface area contributed by atoms with Gasteiger partial charge in [-0.25, -0.2) is 0 Å². The number of benzene rings is 1. The van der Waals surface area contributed by atoms with Crippen molar-refractivity contribution in [2.45, 2.75) is 27.2 Å². The van der Waals surface area contributed by atoms with Gasteiger partial charge in [-0.15, -0.1) is 0 Å². The first-order chi connectivity index (χ1) is 8.95. The predicted octanol–water partition coefficient (Wildman–Crippen LogP) is 2.35. The highest BCUT2D eigenvalue weighted by Crippen LogP contribution is 2.18. The lowest BCUT2D eigenvalue weighted by Crippen LogP contribution is -2.32. The van der Waals surface area contributed by atoms with E-state index in [0.717, 1.165) is 12.0 Å². The molecule has 0 atom stereocenters. The summed E-state index contributed by atoms with van der Waals surface area (Å²) in [6.07, 6.45) is 0.862. The van der Waals surface area contributed by atoms with Crippen molar-refractivity contribution < 1.29 is 14.3 Å². The maximum absolute atomic E-state index is 11.9. The number of aryl methyl sites for hydroxylation is 1. The average Bonchev–Trinajstić information content (AvgIpc) is 2.37. The van der Waals surface area contributed by atoms with Crippen LogP contribution >= 0.6 is 0 Å². The number of methoxy groups -OCH3 is 1. The summed E-state index contributed by atoms with van der Waals surface area (Å²) in [5, 5.41) is 2.64. The third-order valence-electron chi connectivity index (χ3n) is 2.87. The molecule has 1 rings (SSSR count). The van der Waals surface area contributed by atoms with Crippen LogP contribution < -0.4 is 10.1 Å². The van der Waals surface area contributed by atoms with E-state index < -0.39 is 11.7 Å². The summed E-state index contributed by atoms with van der Waals surface area (Å²) < 4.78 is 5.12. The minimum atomic E-state index is -0.551. The van der Waals surface area contributed by atoms with Gasteiger partial charge in [0.2, 0.25) is 5.78 Å². The van der Waals surface area contributed by atoms with Crippen molar-refractivity contribution in [3.8, 4) is 5.75 Å². The van der Waals surface area contributed by atoms with Gasteiger partial charge in [0, 0.05) is 12.1 Å². The first kappa shape index (κ1) is 15.2. The van der Waals surface area contributed by atoms with E-state index in [1.54, 1.807) is 25.3 Å². The highest BCUT2D eigenvalue weighted by Gasteiger charge is 2.16. The molecule has 4 heteroatoms. The summed E-state index contributed by atoms with van der Waals surface area (Å²) >= 11 is 0. The van der Waals surface area contributed by atoms with E-state index in [4.69, 9.17) is 4.74 Å². The van der Waals surface area contributed by atoms with Crippen LogP contribution in [0.2, 0.25) is 0 Å². The Kier molecular flexibility index (Phi) is 5.55. The topological polar surface area (TPSA) is 55.4 Å². The Bertz CT molecular complexity index is 466. The van der Waals surface area contributed by atoms with Gasteiger partial charge in [0.15, 0.2) is 0 Å². The number of hydrogen-bond acceptors (Lipinski definition) is 3. The summed E-state index contributed by atoms with van der Waals surface area (Å²) in [5.41, 5.74) is 1.23. The Balaban J connectivity index is 2.66. The second kappa shape index (κ2) is 6.92. The normalized spacial score (nSPS) is 10.4. The van der Waals surface area contributed by atoms with Gasteiger partial charge in [0.1, 0.15) is 5.75 Å². The molecule has 0 aliphatic carbocycles. The van der Waals surface area contributed by atoms with Gasteiger partial charge in [0.05, 0.1) is 7.11 Å². The standard InChI is InChI=1S/C15H21NO3/c1-10(2)7-8-16-15(18)14(17)12-5-6-13(19-4)11(3)9-12/h5-6,9-10H,7-8H2,1-4H3,(H,16,18). The molecule has 0 spiro atoms. The quantitative estimate of drug-likeness (QED) is 0.633. The highest BCUT2D eigenvalue weighted by molar-refractivity contribution is 6.42. The Morgan fingerprint density at radius 1 is 1.32 bits per heavy atom. The zero-order chi connectivity index (χ0) is 14.4. The molecule has 1 amide bonds. The van der Waals surface area contributed by atoms with Crippen molar-refractivity contribution in [2.75, 3.05) is 13.7 Å². The molecule has 0 radical (unpaired) electrons. The SMILES string of the molecule is COc1ccc(C(=O)C(=O)NCCC(C)C)cc1C. The van der Waals surface area contributed by atoms with Crippen molar-refractivity contribution in [3.63, 3.8) is 0 Å². The molecule has 19 heavy (non-hydrogen) atoms. The van der Waals surface area contributed by atoms with E-state index in [-0.39, 0.29) is 0 Å². The largest absolute Gasteiger partial charge is 0.496 e. The average molecular weight is 263 g/mol. The summed E-state index contributed by atoms with van der Waals surface area (Å²) in [4.78, 5) is 23.6. The minimum Gasteiger partial charge on any atom is -0.496 e. The molecule has 1 N–H and O–H groups in total. The molecule has 1 aromatic carbocycles. The number of ketones is 1. The van der Waals surface area contributed by atoms with E-state index in [1.807, 2.05) is 6.92 Å². The molecule has 0 fully saturated rings. The van der Waals surface area contributed by atoms with Crippen LogP contribution in [0, 0.1) is 12.8 Å². The van der Waals surface area contributed by atoms with E-state index in [1.165, 1.54) is 0 Å². The molecule has 0 bridgehead atoms. The Hall–Kier alpha value is -1.84. The van der Waals surface area contributed by atoms with Crippen LogP contribution in [-0.2, 0) is 4.79 Å². The lowest BCUT2D eigenvalue weighted by Gasteiger charge is -2.08. The van der Waals surface area contributed by atoms with Crippen molar-refractivity contribution in [1.29, 1.82) is 0 Å². The van der Waals surface area contributed by atoms with Crippen molar-refractivity contribution in [3.05, 3.63) is 29.3 Å². The molecule has 0 aliphatic heterocycles. The number of hydrogen-bond donors (Lipinski definition) is 1. The highest BCUT2D eigenvalue weighted by atomic mass is 16.5. The molecule has 0 saturated carbocycles. The van der Waals surface area contributed by atoms with Gasteiger partial charge in [-0.3, -0.25) is 9.59 Å². The van der Waals surface area contributed by atoms with Crippen LogP contribution in [0.15, 0.2) is 18.2 Å². The van der Waals surface area contributed by atoms with Gasteiger partial charge in [-0.2, -0.15) is 0 Å².